The van der Waals surface area contributed by atoms with Gasteiger partial charge in [-0.05, 0) is 36.2 Å². The first-order chi connectivity index (χ1) is 12.0. The Hall–Kier alpha value is -2.89. The number of halogens is 1. The van der Waals surface area contributed by atoms with Crippen molar-refractivity contribution in [1.82, 2.24) is 4.90 Å². The first-order valence-corrected chi connectivity index (χ1v) is 8.07. The van der Waals surface area contributed by atoms with Gasteiger partial charge in [-0.1, -0.05) is 24.3 Å². The molecule has 1 atom stereocenters. The van der Waals surface area contributed by atoms with Gasteiger partial charge in [-0.25, -0.2) is 4.39 Å². The summed E-state index contributed by atoms with van der Waals surface area (Å²) in [6, 6.07) is 12.0. The molecular formula is C19H19FN2O3. The molecule has 2 aromatic rings. The van der Waals surface area contributed by atoms with E-state index in [1.807, 2.05) is 0 Å². The van der Waals surface area contributed by atoms with Crippen LogP contribution in [0.1, 0.15) is 12.0 Å². The van der Waals surface area contributed by atoms with Crippen LogP contribution < -0.4 is 4.90 Å². The van der Waals surface area contributed by atoms with Gasteiger partial charge in [0.15, 0.2) is 0 Å². The predicted octanol–water partition coefficient (Wildman–Crippen LogP) is 2.34. The second kappa shape index (κ2) is 6.93. The van der Waals surface area contributed by atoms with Gasteiger partial charge in [0.25, 0.3) is 0 Å². The predicted molar refractivity (Wildman–Crippen MR) is 91.7 cm³/mol. The first-order valence-electron chi connectivity index (χ1n) is 8.07. The Morgan fingerprint density at radius 1 is 1.28 bits per heavy atom. The molecule has 1 saturated heterocycles. The SMILES string of the molecule is CN(C(=O)Cc1cccc(O)c1)[C@H]1CCN(c2ccccc2F)C1=O. The standard InChI is InChI=1S/C19H19FN2O3/c1-21(18(24)12-13-5-4-6-14(23)11-13)17-9-10-22(19(17)25)16-8-3-2-7-15(16)20/h2-8,11,17,23H,9-10,12H2,1H3/t17-/m0/s1. The van der Waals surface area contributed by atoms with Gasteiger partial charge >= 0.3 is 0 Å². The molecule has 0 unspecified atom stereocenters. The minimum absolute atomic E-state index is 0.0916. The van der Waals surface area contributed by atoms with Crippen LogP contribution in [0, 0.1) is 5.82 Å². The number of likely N-dealkylation sites (N-methyl/N-ethyl adjacent to an activating group) is 1. The fourth-order valence-corrected chi connectivity index (χ4v) is 3.07. The smallest absolute Gasteiger partial charge is 0.249 e. The Morgan fingerprint density at radius 2 is 2.04 bits per heavy atom. The number of para-hydroxylation sites is 1. The molecule has 1 N–H and O–H groups in total. The monoisotopic (exact) mass is 342 g/mol. The zero-order valence-corrected chi connectivity index (χ0v) is 13.9. The van der Waals surface area contributed by atoms with Crippen LogP contribution in [0.15, 0.2) is 48.5 Å². The zero-order valence-electron chi connectivity index (χ0n) is 13.9. The Morgan fingerprint density at radius 3 is 2.76 bits per heavy atom. The van der Waals surface area contributed by atoms with E-state index in [2.05, 4.69) is 0 Å². The summed E-state index contributed by atoms with van der Waals surface area (Å²) in [6.45, 7) is 0.369. The van der Waals surface area contributed by atoms with Crippen LogP contribution in [-0.4, -0.2) is 41.5 Å². The van der Waals surface area contributed by atoms with Gasteiger partial charge in [0.1, 0.15) is 17.6 Å². The van der Waals surface area contributed by atoms with Crippen LogP contribution in [0.3, 0.4) is 0 Å². The highest BCUT2D eigenvalue weighted by atomic mass is 19.1. The lowest BCUT2D eigenvalue weighted by atomic mass is 10.1. The summed E-state index contributed by atoms with van der Waals surface area (Å²) in [5, 5.41) is 9.48. The van der Waals surface area contributed by atoms with Gasteiger partial charge in [-0.2, -0.15) is 0 Å². The van der Waals surface area contributed by atoms with Crippen molar-refractivity contribution in [3.63, 3.8) is 0 Å². The highest BCUT2D eigenvalue weighted by Crippen LogP contribution is 2.26. The fourth-order valence-electron chi connectivity index (χ4n) is 3.07. The van der Waals surface area contributed by atoms with Gasteiger partial charge in [-0.15, -0.1) is 0 Å². The molecule has 1 aliphatic rings. The lowest BCUT2D eigenvalue weighted by Gasteiger charge is -2.24. The number of carbonyl (C=O) groups excluding carboxylic acids is 2. The number of amides is 2. The minimum atomic E-state index is -0.607. The quantitative estimate of drug-likeness (QED) is 0.928. The topological polar surface area (TPSA) is 60.9 Å². The fraction of sp³-hybridized carbons (Fsp3) is 0.263. The summed E-state index contributed by atoms with van der Waals surface area (Å²) in [5.74, 6) is -0.864. The van der Waals surface area contributed by atoms with Crippen molar-refractivity contribution >= 4 is 17.5 Å². The summed E-state index contributed by atoms with van der Waals surface area (Å²) >= 11 is 0. The second-order valence-corrected chi connectivity index (χ2v) is 6.10. The van der Waals surface area contributed by atoms with Gasteiger partial charge in [0.2, 0.25) is 11.8 Å². The molecule has 3 rings (SSSR count). The molecule has 0 bridgehead atoms. The number of nitrogens with zero attached hydrogens (tertiary/aromatic N) is 2. The number of hydrogen-bond acceptors (Lipinski definition) is 3. The van der Waals surface area contributed by atoms with Crippen LogP contribution in [0.5, 0.6) is 5.75 Å². The highest BCUT2D eigenvalue weighted by Gasteiger charge is 2.37. The van der Waals surface area contributed by atoms with Crippen LogP contribution >= 0.6 is 0 Å². The summed E-state index contributed by atoms with van der Waals surface area (Å²) in [4.78, 5) is 27.9. The lowest BCUT2D eigenvalue weighted by Crippen LogP contribution is -2.43. The highest BCUT2D eigenvalue weighted by molar-refractivity contribution is 6.01. The number of phenols is 1. The molecule has 25 heavy (non-hydrogen) atoms. The lowest BCUT2D eigenvalue weighted by molar-refractivity contribution is -0.136. The van der Waals surface area contributed by atoms with Crippen molar-refractivity contribution < 1.29 is 19.1 Å². The van der Waals surface area contributed by atoms with E-state index in [0.29, 0.717) is 18.5 Å². The van der Waals surface area contributed by atoms with Gasteiger partial charge in [0, 0.05) is 13.6 Å². The molecule has 2 aromatic carbocycles. The molecule has 5 nitrogen and oxygen atoms in total. The molecule has 1 heterocycles. The molecule has 0 radical (unpaired) electrons. The Labute approximate surface area is 145 Å². The minimum Gasteiger partial charge on any atom is -0.508 e. The van der Waals surface area contributed by atoms with E-state index in [9.17, 15) is 19.1 Å². The Kier molecular flexibility index (Phi) is 4.70. The van der Waals surface area contributed by atoms with Crippen molar-refractivity contribution in [3.05, 3.63) is 59.9 Å². The van der Waals surface area contributed by atoms with E-state index < -0.39 is 11.9 Å². The number of anilines is 1. The van der Waals surface area contributed by atoms with Crippen molar-refractivity contribution in [1.29, 1.82) is 0 Å². The van der Waals surface area contributed by atoms with Crippen molar-refractivity contribution in [3.8, 4) is 5.75 Å². The average molecular weight is 342 g/mol. The molecule has 1 fully saturated rings. The van der Waals surface area contributed by atoms with Gasteiger partial charge < -0.3 is 14.9 Å². The van der Waals surface area contributed by atoms with Crippen LogP contribution in [-0.2, 0) is 16.0 Å². The number of hydrogen-bond donors (Lipinski definition) is 1. The summed E-state index contributed by atoms with van der Waals surface area (Å²) < 4.78 is 13.9. The van der Waals surface area contributed by atoms with E-state index in [1.54, 1.807) is 37.4 Å². The van der Waals surface area contributed by atoms with Crippen LogP contribution in [0.2, 0.25) is 0 Å². The average Bonchev–Trinajstić information content (AvgIpc) is 2.96. The maximum absolute atomic E-state index is 13.9. The number of aromatic hydroxyl groups is 1. The number of phenolic OH excluding ortho intramolecular Hbond substituents is 1. The molecule has 2 amide bonds. The Bertz CT molecular complexity index is 809. The second-order valence-electron chi connectivity index (χ2n) is 6.10. The third-order valence-electron chi connectivity index (χ3n) is 4.45. The maximum Gasteiger partial charge on any atom is 0.249 e. The van der Waals surface area contributed by atoms with E-state index in [-0.39, 0.29) is 29.7 Å². The van der Waals surface area contributed by atoms with Crippen LogP contribution in [0.25, 0.3) is 0 Å². The van der Waals surface area contributed by atoms with E-state index >= 15 is 0 Å². The molecule has 1 aliphatic heterocycles. The van der Waals surface area contributed by atoms with Crippen molar-refractivity contribution in [2.75, 3.05) is 18.5 Å². The van der Waals surface area contributed by atoms with Gasteiger partial charge in [0.05, 0.1) is 12.1 Å². The third-order valence-corrected chi connectivity index (χ3v) is 4.45. The van der Waals surface area contributed by atoms with E-state index in [4.69, 9.17) is 0 Å². The molecule has 0 spiro atoms. The molecule has 0 saturated carbocycles. The summed E-state index contributed by atoms with van der Waals surface area (Å²) in [7, 11) is 1.58. The van der Waals surface area contributed by atoms with E-state index in [1.165, 1.54) is 28.0 Å². The number of benzene rings is 2. The number of carbonyl (C=O) groups is 2. The first kappa shape index (κ1) is 17.0. The number of rotatable bonds is 4. The van der Waals surface area contributed by atoms with E-state index in [0.717, 1.165) is 0 Å². The molecular weight excluding hydrogens is 323 g/mol. The summed E-state index contributed by atoms with van der Waals surface area (Å²) in [5.41, 5.74) is 0.914. The maximum atomic E-state index is 13.9. The molecule has 6 heteroatoms. The molecule has 130 valence electrons. The van der Waals surface area contributed by atoms with Crippen LogP contribution in [0.4, 0.5) is 10.1 Å². The Balaban J connectivity index is 1.71. The third kappa shape index (κ3) is 3.47. The largest absolute Gasteiger partial charge is 0.508 e. The van der Waals surface area contributed by atoms with Crippen molar-refractivity contribution in [2.45, 2.75) is 18.9 Å². The molecule has 0 aromatic heterocycles. The van der Waals surface area contributed by atoms with Crippen molar-refractivity contribution in [2.24, 2.45) is 0 Å². The normalized spacial score (nSPS) is 17.0. The summed E-state index contributed by atoms with van der Waals surface area (Å²) in [6.07, 6.45) is 0.545. The molecule has 0 aliphatic carbocycles. The van der Waals surface area contributed by atoms with Gasteiger partial charge in [-0.3, -0.25) is 9.59 Å². The zero-order chi connectivity index (χ0) is 18.0.